The van der Waals surface area contributed by atoms with Gasteiger partial charge in [-0.25, -0.2) is 9.67 Å². The van der Waals surface area contributed by atoms with Gasteiger partial charge in [0.25, 0.3) is 0 Å². The molecule has 1 aromatic carbocycles. The van der Waals surface area contributed by atoms with Gasteiger partial charge in [-0.05, 0) is 37.6 Å². The molecule has 0 saturated heterocycles. The summed E-state index contributed by atoms with van der Waals surface area (Å²) < 4.78 is 1.74. The van der Waals surface area contributed by atoms with Gasteiger partial charge in [-0.15, -0.1) is 0 Å². The second-order valence-electron chi connectivity index (χ2n) is 3.28. The Kier molecular flexibility index (Phi) is 1.96. The van der Waals surface area contributed by atoms with E-state index in [1.165, 1.54) is 0 Å². The molecule has 2 rings (SSSR count). The predicted octanol–water partition coefficient (Wildman–Crippen LogP) is 1.47. The van der Waals surface area contributed by atoms with E-state index < -0.39 is 0 Å². The molecule has 1 aromatic heterocycles. The summed E-state index contributed by atoms with van der Waals surface area (Å²) >= 11 is 0. The zero-order valence-corrected chi connectivity index (χ0v) is 8.23. The monoisotopic (exact) mass is 188 g/mol. The largest absolute Gasteiger partial charge is 0.399 e. The zero-order valence-electron chi connectivity index (χ0n) is 8.23. The standard InChI is InChI=1S/C10H12N4/c1-7-5-9(3-4-10(7)11)14-6-12-8(2)13-14/h3-6H,11H2,1-2H3. The van der Waals surface area contributed by atoms with Crippen LogP contribution in [-0.4, -0.2) is 14.8 Å². The highest BCUT2D eigenvalue weighted by Crippen LogP contribution is 2.15. The first-order chi connectivity index (χ1) is 6.66. The summed E-state index contributed by atoms with van der Waals surface area (Å²) in [5.74, 6) is 0.763. The fourth-order valence-electron chi connectivity index (χ4n) is 1.27. The molecule has 14 heavy (non-hydrogen) atoms. The molecule has 0 unspecified atom stereocenters. The van der Waals surface area contributed by atoms with E-state index in [1.54, 1.807) is 11.0 Å². The van der Waals surface area contributed by atoms with Crippen LogP contribution in [0.5, 0.6) is 0 Å². The third-order valence-electron chi connectivity index (χ3n) is 2.12. The molecule has 0 radical (unpaired) electrons. The molecule has 0 bridgehead atoms. The van der Waals surface area contributed by atoms with E-state index >= 15 is 0 Å². The molecule has 0 amide bonds. The van der Waals surface area contributed by atoms with Crippen molar-refractivity contribution in [3.8, 4) is 5.69 Å². The highest BCUT2D eigenvalue weighted by Gasteiger charge is 2.00. The number of hydrogen-bond acceptors (Lipinski definition) is 3. The maximum absolute atomic E-state index is 5.73. The Morgan fingerprint density at radius 2 is 2.07 bits per heavy atom. The number of aromatic nitrogens is 3. The third-order valence-corrected chi connectivity index (χ3v) is 2.12. The van der Waals surface area contributed by atoms with E-state index in [0.29, 0.717) is 0 Å². The van der Waals surface area contributed by atoms with E-state index in [-0.39, 0.29) is 0 Å². The van der Waals surface area contributed by atoms with Crippen LogP contribution in [0, 0.1) is 13.8 Å². The SMILES string of the molecule is Cc1ncn(-c2ccc(N)c(C)c2)n1. The average Bonchev–Trinajstić information content (AvgIpc) is 2.57. The Labute approximate surface area is 82.4 Å². The van der Waals surface area contributed by atoms with Gasteiger partial charge in [0.1, 0.15) is 12.2 Å². The van der Waals surface area contributed by atoms with Crippen molar-refractivity contribution in [3.05, 3.63) is 35.9 Å². The molecule has 1 heterocycles. The van der Waals surface area contributed by atoms with Crippen LogP contribution in [0.1, 0.15) is 11.4 Å². The quantitative estimate of drug-likeness (QED) is 0.689. The number of aryl methyl sites for hydroxylation is 2. The summed E-state index contributed by atoms with van der Waals surface area (Å²) in [4.78, 5) is 4.07. The minimum Gasteiger partial charge on any atom is -0.399 e. The average molecular weight is 188 g/mol. The van der Waals surface area contributed by atoms with Gasteiger partial charge in [0.05, 0.1) is 5.69 Å². The molecule has 0 aliphatic heterocycles. The van der Waals surface area contributed by atoms with Crippen molar-refractivity contribution < 1.29 is 0 Å². The summed E-state index contributed by atoms with van der Waals surface area (Å²) in [7, 11) is 0. The molecule has 0 saturated carbocycles. The molecule has 0 aliphatic carbocycles. The highest BCUT2D eigenvalue weighted by molar-refractivity contribution is 5.51. The van der Waals surface area contributed by atoms with E-state index in [9.17, 15) is 0 Å². The van der Waals surface area contributed by atoms with Crippen molar-refractivity contribution in [2.75, 3.05) is 5.73 Å². The number of rotatable bonds is 1. The number of hydrogen-bond donors (Lipinski definition) is 1. The Bertz CT molecular complexity index is 459. The van der Waals surface area contributed by atoms with E-state index in [2.05, 4.69) is 10.1 Å². The van der Waals surface area contributed by atoms with Crippen molar-refractivity contribution in [1.82, 2.24) is 14.8 Å². The molecule has 0 fully saturated rings. The normalized spacial score (nSPS) is 10.4. The van der Waals surface area contributed by atoms with Gasteiger partial charge in [-0.3, -0.25) is 0 Å². The fraction of sp³-hybridized carbons (Fsp3) is 0.200. The summed E-state index contributed by atoms with van der Waals surface area (Å²) in [6.07, 6.45) is 1.69. The Balaban J connectivity index is 2.47. The van der Waals surface area contributed by atoms with Crippen LogP contribution >= 0.6 is 0 Å². The third kappa shape index (κ3) is 1.46. The lowest BCUT2D eigenvalue weighted by Crippen LogP contribution is -1.97. The number of benzene rings is 1. The van der Waals surface area contributed by atoms with Crippen molar-refractivity contribution in [2.24, 2.45) is 0 Å². The Hall–Kier alpha value is -1.84. The second-order valence-corrected chi connectivity index (χ2v) is 3.28. The number of nitrogens with zero attached hydrogens (tertiary/aromatic N) is 3. The molecule has 0 aliphatic rings. The van der Waals surface area contributed by atoms with Gasteiger partial charge >= 0.3 is 0 Å². The van der Waals surface area contributed by atoms with Crippen LogP contribution in [0.25, 0.3) is 5.69 Å². The molecule has 2 N–H and O–H groups in total. The van der Waals surface area contributed by atoms with Gasteiger partial charge in [0.15, 0.2) is 0 Å². The maximum Gasteiger partial charge on any atom is 0.147 e. The van der Waals surface area contributed by atoms with Crippen LogP contribution in [0.2, 0.25) is 0 Å². The zero-order chi connectivity index (χ0) is 10.1. The number of nitrogens with two attached hydrogens (primary N) is 1. The molecule has 2 aromatic rings. The minimum absolute atomic E-state index is 0.763. The maximum atomic E-state index is 5.73. The Morgan fingerprint density at radius 1 is 1.29 bits per heavy atom. The molecule has 0 atom stereocenters. The first-order valence-electron chi connectivity index (χ1n) is 4.41. The van der Waals surface area contributed by atoms with Crippen LogP contribution in [0.4, 0.5) is 5.69 Å². The lowest BCUT2D eigenvalue weighted by atomic mass is 10.2. The minimum atomic E-state index is 0.763. The van der Waals surface area contributed by atoms with Crippen LogP contribution in [0.3, 0.4) is 0 Å². The molecule has 0 spiro atoms. The summed E-state index contributed by atoms with van der Waals surface area (Å²) in [5, 5.41) is 4.22. The number of anilines is 1. The fourth-order valence-corrected chi connectivity index (χ4v) is 1.27. The summed E-state index contributed by atoms with van der Waals surface area (Å²) in [5.41, 5.74) is 8.56. The summed E-state index contributed by atoms with van der Waals surface area (Å²) in [6.45, 7) is 3.84. The molecule has 4 heteroatoms. The molecular weight excluding hydrogens is 176 g/mol. The number of nitrogen functional groups attached to an aromatic ring is 1. The van der Waals surface area contributed by atoms with Gasteiger partial charge in [0, 0.05) is 5.69 Å². The van der Waals surface area contributed by atoms with Gasteiger partial charge in [-0.2, -0.15) is 5.10 Å². The van der Waals surface area contributed by atoms with Crippen LogP contribution < -0.4 is 5.73 Å². The first kappa shape index (κ1) is 8.74. The van der Waals surface area contributed by atoms with Gasteiger partial charge < -0.3 is 5.73 Å². The molecule has 4 nitrogen and oxygen atoms in total. The van der Waals surface area contributed by atoms with Crippen LogP contribution in [0.15, 0.2) is 24.5 Å². The van der Waals surface area contributed by atoms with Crippen molar-refractivity contribution in [2.45, 2.75) is 13.8 Å². The van der Waals surface area contributed by atoms with E-state index in [4.69, 9.17) is 5.73 Å². The van der Waals surface area contributed by atoms with Gasteiger partial charge in [-0.1, -0.05) is 0 Å². The van der Waals surface area contributed by atoms with Crippen LogP contribution in [-0.2, 0) is 0 Å². The molecular formula is C10H12N4. The molecule has 72 valence electrons. The van der Waals surface area contributed by atoms with Crippen molar-refractivity contribution >= 4 is 5.69 Å². The second kappa shape index (κ2) is 3.14. The lowest BCUT2D eigenvalue weighted by Gasteiger charge is -2.03. The van der Waals surface area contributed by atoms with Crippen molar-refractivity contribution in [3.63, 3.8) is 0 Å². The van der Waals surface area contributed by atoms with E-state index in [1.807, 2.05) is 32.0 Å². The highest BCUT2D eigenvalue weighted by atomic mass is 15.3. The predicted molar refractivity (Wildman–Crippen MR) is 55.2 cm³/mol. The Morgan fingerprint density at radius 3 is 2.64 bits per heavy atom. The van der Waals surface area contributed by atoms with Gasteiger partial charge in [0.2, 0.25) is 0 Å². The summed E-state index contributed by atoms with van der Waals surface area (Å²) in [6, 6.07) is 5.79. The first-order valence-corrected chi connectivity index (χ1v) is 4.41. The van der Waals surface area contributed by atoms with Crippen molar-refractivity contribution in [1.29, 1.82) is 0 Å². The lowest BCUT2D eigenvalue weighted by molar-refractivity contribution is 0.862. The smallest absolute Gasteiger partial charge is 0.147 e. The van der Waals surface area contributed by atoms with E-state index in [0.717, 1.165) is 22.8 Å². The topological polar surface area (TPSA) is 56.7 Å².